The molecule has 0 saturated heterocycles. The zero-order valence-electron chi connectivity index (χ0n) is 16.2. The standard InChI is InChI=1S/C23H22BrN3O2/c1-2-16-7-3-4-8-18(16)25-22(28)10-6-14-27-21-15-17(24)11-12-19(21)26-13-5-9-20(26)23(27)29/h3-5,7-9,11-13,15H,2,6,10,14H2,1H3,(H,25,28). The van der Waals surface area contributed by atoms with Crippen LogP contribution in [0.4, 0.5) is 5.69 Å². The van der Waals surface area contributed by atoms with E-state index in [0.29, 0.717) is 24.9 Å². The van der Waals surface area contributed by atoms with Gasteiger partial charge in [-0.3, -0.25) is 9.59 Å². The molecular formula is C23H22BrN3O2. The molecule has 5 nitrogen and oxygen atoms in total. The highest BCUT2D eigenvalue weighted by Gasteiger charge is 2.12. The monoisotopic (exact) mass is 451 g/mol. The van der Waals surface area contributed by atoms with Gasteiger partial charge in [0.1, 0.15) is 5.52 Å². The number of nitrogens with zero attached hydrogens (tertiary/aromatic N) is 2. The topological polar surface area (TPSA) is 55.5 Å². The maximum absolute atomic E-state index is 13.0. The molecule has 1 amide bonds. The second-order valence-electron chi connectivity index (χ2n) is 7.02. The molecule has 6 heteroatoms. The fourth-order valence-corrected chi connectivity index (χ4v) is 4.06. The predicted octanol–water partition coefficient (Wildman–Crippen LogP) is 5.00. The number of carbonyl (C=O) groups excluding carboxylic acids is 1. The maximum Gasteiger partial charge on any atom is 0.275 e. The Balaban J connectivity index is 1.55. The van der Waals surface area contributed by atoms with Crippen LogP contribution in [-0.4, -0.2) is 14.9 Å². The molecule has 0 aliphatic carbocycles. The van der Waals surface area contributed by atoms with Gasteiger partial charge in [-0.1, -0.05) is 41.1 Å². The highest BCUT2D eigenvalue weighted by molar-refractivity contribution is 9.10. The first-order valence-corrected chi connectivity index (χ1v) is 10.5. The number of carbonyl (C=O) groups is 1. The van der Waals surface area contributed by atoms with Crippen molar-refractivity contribution >= 4 is 44.1 Å². The number of fused-ring (bicyclic) bond motifs is 3. The van der Waals surface area contributed by atoms with Crippen molar-refractivity contribution in [3.8, 4) is 0 Å². The summed E-state index contributed by atoms with van der Waals surface area (Å²) in [4.78, 5) is 25.4. The van der Waals surface area contributed by atoms with Crippen molar-refractivity contribution in [2.45, 2.75) is 32.7 Å². The van der Waals surface area contributed by atoms with Crippen LogP contribution in [0.15, 0.2) is 70.1 Å². The van der Waals surface area contributed by atoms with Crippen LogP contribution in [0.2, 0.25) is 0 Å². The van der Waals surface area contributed by atoms with E-state index in [9.17, 15) is 9.59 Å². The van der Waals surface area contributed by atoms with Gasteiger partial charge in [0.25, 0.3) is 5.56 Å². The second-order valence-corrected chi connectivity index (χ2v) is 7.93. The van der Waals surface area contributed by atoms with Crippen LogP contribution in [0.3, 0.4) is 0 Å². The first-order valence-electron chi connectivity index (χ1n) is 9.75. The molecule has 2 aromatic heterocycles. The van der Waals surface area contributed by atoms with E-state index in [1.807, 2.05) is 65.2 Å². The van der Waals surface area contributed by atoms with Crippen LogP contribution < -0.4 is 10.9 Å². The SMILES string of the molecule is CCc1ccccc1NC(=O)CCCn1c(=O)c2cccn2c2ccc(Br)cc21. The molecule has 0 radical (unpaired) electrons. The van der Waals surface area contributed by atoms with Gasteiger partial charge in [0.05, 0.1) is 11.0 Å². The van der Waals surface area contributed by atoms with E-state index >= 15 is 0 Å². The number of nitrogens with one attached hydrogen (secondary N) is 1. The first-order chi connectivity index (χ1) is 14.1. The summed E-state index contributed by atoms with van der Waals surface area (Å²) in [7, 11) is 0. The van der Waals surface area contributed by atoms with Crippen LogP contribution in [0, 0.1) is 0 Å². The molecule has 4 rings (SSSR count). The lowest BCUT2D eigenvalue weighted by Crippen LogP contribution is -2.23. The van der Waals surface area contributed by atoms with Gasteiger partial charge in [-0.05, 0) is 54.8 Å². The number of halogens is 1. The summed E-state index contributed by atoms with van der Waals surface area (Å²) in [5, 5.41) is 3.00. The lowest BCUT2D eigenvalue weighted by atomic mass is 10.1. The van der Waals surface area contributed by atoms with E-state index in [0.717, 1.165) is 33.2 Å². The Bertz CT molecular complexity index is 1260. The minimum absolute atomic E-state index is 0.0341. The third-order valence-corrected chi connectivity index (χ3v) is 5.65. The van der Waals surface area contributed by atoms with E-state index < -0.39 is 0 Å². The summed E-state index contributed by atoms with van der Waals surface area (Å²) in [5.41, 5.74) is 4.39. The molecular weight excluding hydrogens is 430 g/mol. The summed E-state index contributed by atoms with van der Waals surface area (Å²) in [6.07, 6.45) is 3.70. The zero-order valence-corrected chi connectivity index (χ0v) is 17.8. The number of hydrogen-bond donors (Lipinski definition) is 1. The van der Waals surface area contributed by atoms with Gasteiger partial charge in [-0.15, -0.1) is 0 Å². The first kappa shape index (κ1) is 19.5. The number of aromatic nitrogens is 2. The largest absolute Gasteiger partial charge is 0.326 e. The van der Waals surface area contributed by atoms with E-state index in [2.05, 4.69) is 28.2 Å². The average Bonchev–Trinajstić information content (AvgIpc) is 3.21. The number of benzene rings is 2. The number of hydrogen-bond acceptors (Lipinski definition) is 2. The van der Waals surface area contributed by atoms with Gasteiger partial charge in [0.2, 0.25) is 5.91 Å². The van der Waals surface area contributed by atoms with E-state index in [4.69, 9.17) is 0 Å². The Morgan fingerprint density at radius 1 is 1.03 bits per heavy atom. The Morgan fingerprint density at radius 2 is 1.86 bits per heavy atom. The quantitative estimate of drug-likeness (QED) is 0.448. The van der Waals surface area contributed by atoms with Crippen molar-refractivity contribution < 1.29 is 4.79 Å². The van der Waals surface area contributed by atoms with Crippen molar-refractivity contribution in [2.24, 2.45) is 0 Å². The number of rotatable bonds is 6. The highest BCUT2D eigenvalue weighted by atomic mass is 79.9. The van der Waals surface area contributed by atoms with E-state index in [-0.39, 0.29) is 11.5 Å². The Morgan fingerprint density at radius 3 is 2.69 bits per heavy atom. The summed E-state index contributed by atoms with van der Waals surface area (Å²) in [5.74, 6) is -0.0341. The number of aryl methyl sites for hydroxylation is 2. The highest BCUT2D eigenvalue weighted by Crippen LogP contribution is 2.21. The lowest BCUT2D eigenvalue weighted by molar-refractivity contribution is -0.116. The third kappa shape index (κ3) is 3.85. The summed E-state index contributed by atoms with van der Waals surface area (Å²) >= 11 is 3.50. The van der Waals surface area contributed by atoms with Crippen LogP contribution in [0.5, 0.6) is 0 Å². The van der Waals surface area contributed by atoms with E-state index in [1.165, 1.54) is 0 Å². The predicted molar refractivity (Wildman–Crippen MR) is 121 cm³/mol. The van der Waals surface area contributed by atoms with Crippen molar-refractivity contribution in [1.82, 2.24) is 8.97 Å². The zero-order chi connectivity index (χ0) is 20.4. The number of para-hydroxylation sites is 1. The van der Waals surface area contributed by atoms with Gasteiger partial charge in [0, 0.05) is 29.3 Å². The fraction of sp³-hybridized carbons (Fsp3) is 0.217. The van der Waals surface area contributed by atoms with Crippen LogP contribution in [-0.2, 0) is 17.8 Å². The molecule has 148 valence electrons. The molecule has 4 aromatic rings. The molecule has 2 aromatic carbocycles. The van der Waals surface area contributed by atoms with Crippen molar-refractivity contribution in [3.05, 3.63) is 81.2 Å². The average molecular weight is 452 g/mol. The maximum atomic E-state index is 13.0. The molecule has 0 spiro atoms. The van der Waals surface area contributed by atoms with Crippen LogP contribution in [0.1, 0.15) is 25.3 Å². The number of amides is 1. The van der Waals surface area contributed by atoms with Crippen molar-refractivity contribution in [2.75, 3.05) is 5.32 Å². The molecule has 0 unspecified atom stereocenters. The van der Waals surface area contributed by atoms with Crippen molar-refractivity contribution in [1.29, 1.82) is 0 Å². The Hall–Kier alpha value is -2.86. The fourth-order valence-electron chi connectivity index (χ4n) is 3.71. The summed E-state index contributed by atoms with van der Waals surface area (Å²) in [6.45, 7) is 2.55. The Labute approximate surface area is 177 Å². The molecule has 29 heavy (non-hydrogen) atoms. The summed E-state index contributed by atoms with van der Waals surface area (Å²) in [6, 6.07) is 17.5. The molecule has 2 heterocycles. The smallest absolute Gasteiger partial charge is 0.275 e. The molecule has 0 saturated carbocycles. The van der Waals surface area contributed by atoms with Crippen molar-refractivity contribution in [3.63, 3.8) is 0 Å². The molecule has 0 fully saturated rings. The van der Waals surface area contributed by atoms with Crippen LogP contribution >= 0.6 is 15.9 Å². The Kier molecular flexibility index (Phi) is 5.53. The summed E-state index contributed by atoms with van der Waals surface area (Å²) < 4.78 is 4.59. The third-order valence-electron chi connectivity index (χ3n) is 5.16. The van der Waals surface area contributed by atoms with Gasteiger partial charge < -0.3 is 14.3 Å². The number of anilines is 1. The van der Waals surface area contributed by atoms with Gasteiger partial charge in [-0.2, -0.15) is 0 Å². The molecule has 1 N–H and O–H groups in total. The minimum Gasteiger partial charge on any atom is -0.326 e. The molecule has 0 bridgehead atoms. The van der Waals surface area contributed by atoms with Gasteiger partial charge in [0.15, 0.2) is 0 Å². The lowest BCUT2D eigenvalue weighted by Gasteiger charge is -2.13. The minimum atomic E-state index is -0.0441. The van der Waals surface area contributed by atoms with Gasteiger partial charge >= 0.3 is 0 Å². The van der Waals surface area contributed by atoms with Gasteiger partial charge in [-0.25, -0.2) is 0 Å². The molecule has 0 aliphatic heterocycles. The second kappa shape index (κ2) is 8.25. The molecule has 0 aliphatic rings. The normalized spacial score (nSPS) is 11.2. The van der Waals surface area contributed by atoms with Crippen LogP contribution in [0.25, 0.3) is 16.6 Å². The van der Waals surface area contributed by atoms with E-state index in [1.54, 1.807) is 4.57 Å². The molecule has 0 atom stereocenters.